The summed E-state index contributed by atoms with van der Waals surface area (Å²) in [5, 5.41) is 10.4. The van der Waals surface area contributed by atoms with Crippen molar-refractivity contribution in [1.29, 1.82) is 0 Å². The average molecular weight is 400 g/mol. The summed E-state index contributed by atoms with van der Waals surface area (Å²) >= 11 is 1.53. The molecule has 28 heavy (non-hydrogen) atoms. The van der Waals surface area contributed by atoms with Crippen molar-refractivity contribution in [2.45, 2.75) is 29.9 Å². The molecule has 4 rings (SSSR count). The summed E-state index contributed by atoms with van der Waals surface area (Å²) in [6.07, 6.45) is 1.72. The molecule has 1 spiro atoms. The maximum atomic E-state index is 11.3. The average Bonchev–Trinajstić information content (AvgIpc) is 2.94. The van der Waals surface area contributed by atoms with Gasteiger partial charge in [0.2, 0.25) is 0 Å². The Balaban J connectivity index is 1.90. The van der Waals surface area contributed by atoms with E-state index in [1.165, 1.54) is 31.0 Å². The molecule has 0 N–H and O–H groups in total. The van der Waals surface area contributed by atoms with E-state index >= 15 is 0 Å². The van der Waals surface area contributed by atoms with E-state index in [-0.39, 0.29) is 11.8 Å². The summed E-state index contributed by atoms with van der Waals surface area (Å²) < 4.78 is 18.0. The number of nitro benzene ring substituents is 1. The number of hydrogen-bond donors (Lipinski definition) is 0. The van der Waals surface area contributed by atoms with Gasteiger partial charge in [-0.05, 0) is 43.8 Å². The van der Waals surface area contributed by atoms with Crippen LogP contribution in [-0.2, 0) is 4.74 Å². The third kappa shape index (κ3) is 2.75. The van der Waals surface area contributed by atoms with Gasteiger partial charge < -0.3 is 19.1 Å². The number of anilines is 1. The van der Waals surface area contributed by atoms with Crippen LogP contribution < -0.4 is 14.4 Å². The lowest BCUT2D eigenvalue weighted by molar-refractivity contribution is -0.385. The zero-order valence-electron chi connectivity index (χ0n) is 16.0. The molecule has 0 aromatic heterocycles. The van der Waals surface area contributed by atoms with E-state index in [9.17, 15) is 10.1 Å². The van der Waals surface area contributed by atoms with Crippen LogP contribution in [0.5, 0.6) is 11.5 Å². The highest BCUT2D eigenvalue weighted by atomic mass is 32.2. The van der Waals surface area contributed by atoms with E-state index in [1.807, 2.05) is 56.1 Å². The molecule has 0 saturated heterocycles. The zero-order valence-corrected chi connectivity index (χ0v) is 16.8. The maximum absolute atomic E-state index is 11.3. The Labute approximate surface area is 167 Å². The van der Waals surface area contributed by atoms with Gasteiger partial charge in [-0.1, -0.05) is 12.1 Å². The lowest BCUT2D eigenvalue weighted by Gasteiger charge is -2.41. The smallest absolute Gasteiger partial charge is 0.295 e. The Morgan fingerprint density at radius 2 is 2.04 bits per heavy atom. The normalized spacial score (nSPS) is 19.8. The molecule has 7 nitrogen and oxygen atoms in total. The number of ether oxygens (including phenoxy) is 3. The van der Waals surface area contributed by atoms with E-state index in [0.29, 0.717) is 22.8 Å². The summed E-state index contributed by atoms with van der Waals surface area (Å²) in [6.45, 7) is 3.87. The number of hydrogen-bond acceptors (Lipinski definition) is 7. The number of thioether (sulfide) groups is 1. The third-order valence-electron chi connectivity index (χ3n) is 4.62. The molecule has 0 bridgehead atoms. The van der Waals surface area contributed by atoms with Crippen LogP contribution in [0.1, 0.15) is 19.4 Å². The van der Waals surface area contributed by atoms with Crippen molar-refractivity contribution in [3.8, 4) is 11.5 Å². The fourth-order valence-corrected chi connectivity index (χ4v) is 4.69. The molecule has 2 aliphatic heterocycles. The van der Waals surface area contributed by atoms with Gasteiger partial charge in [0.05, 0.1) is 29.9 Å². The van der Waals surface area contributed by atoms with Gasteiger partial charge in [0.25, 0.3) is 10.7 Å². The Bertz CT molecular complexity index is 991. The Morgan fingerprint density at radius 3 is 2.68 bits per heavy atom. The topological polar surface area (TPSA) is 74.1 Å². The van der Waals surface area contributed by atoms with E-state index in [2.05, 4.69) is 0 Å². The molecule has 0 fully saturated rings. The molecule has 146 valence electrons. The summed E-state index contributed by atoms with van der Waals surface area (Å²) in [5.74, 6) is 1.35. The molecule has 2 aliphatic rings. The van der Waals surface area contributed by atoms with Crippen LogP contribution in [0.4, 0.5) is 11.4 Å². The first-order chi connectivity index (χ1) is 13.4. The number of nitrogens with zero attached hydrogens (tertiary/aromatic N) is 2. The molecule has 0 saturated carbocycles. The van der Waals surface area contributed by atoms with Crippen molar-refractivity contribution in [3.63, 3.8) is 0 Å². The van der Waals surface area contributed by atoms with Crippen LogP contribution in [0.2, 0.25) is 0 Å². The van der Waals surface area contributed by atoms with Crippen LogP contribution in [-0.4, -0.2) is 30.2 Å². The minimum Gasteiger partial charge on any atom is -0.493 e. The number of rotatable bonds is 4. The first kappa shape index (κ1) is 18.5. The molecule has 0 amide bonds. The van der Waals surface area contributed by atoms with Gasteiger partial charge in [-0.25, -0.2) is 0 Å². The Morgan fingerprint density at radius 1 is 1.29 bits per heavy atom. The number of methoxy groups -OCH3 is 1. The Hall–Kier alpha value is -2.87. The van der Waals surface area contributed by atoms with Crippen molar-refractivity contribution >= 4 is 29.2 Å². The van der Waals surface area contributed by atoms with E-state index in [1.54, 1.807) is 0 Å². The number of non-ortho nitro benzene ring substituents is 1. The number of benzene rings is 2. The molecule has 1 unspecified atom stereocenters. The highest BCUT2D eigenvalue weighted by Gasteiger charge is 2.53. The SMILES string of the molecule is COc1cc([N+](=O)[O-])cc2c1OC1(Sc3ccccc3N1C)C(OC(C)C)=C2. The van der Waals surface area contributed by atoms with Crippen LogP contribution >= 0.6 is 11.8 Å². The molecule has 8 heteroatoms. The summed E-state index contributed by atoms with van der Waals surface area (Å²) in [5.41, 5.74) is 1.51. The molecule has 0 radical (unpaired) electrons. The second kappa shape index (κ2) is 6.63. The van der Waals surface area contributed by atoms with Crippen molar-refractivity contribution in [2.24, 2.45) is 0 Å². The molecule has 2 aromatic rings. The van der Waals surface area contributed by atoms with Gasteiger partial charge in [-0.15, -0.1) is 0 Å². The van der Waals surface area contributed by atoms with E-state index in [4.69, 9.17) is 14.2 Å². The zero-order chi connectivity index (χ0) is 20.1. The Kier molecular flexibility index (Phi) is 4.38. The first-order valence-electron chi connectivity index (χ1n) is 8.82. The largest absolute Gasteiger partial charge is 0.493 e. The standard InChI is InChI=1S/C20H20N2O5S/c1-12(2)26-18-10-13-9-14(22(23)24)11-16(25-4)19(13)27-20(18)21(3)15-7-5-6-8-17(15)28-20/h5-12H,1-4H3. The fourth-order valence-electron chi connectivity index (χ4n) is 3.37. The van der Waals surface area contributed by atoms with Crippen LogP contribution in [0.15, 0.2) is 47.1 Å². The van der Waals surface area contributed by atoms with Crippen molar-refractivity contribution < 1.29 is 19.1 Å². The molecular weight excluding hydrogens is 380 g/mol. The third-order valence-corrected chi connectivity index (χ3v) is 6.02. The second-order valence-corrected chi connectivity index (χ2v) is 8.01. The lowest BCUT2D eigenvalue weighted by Crippen LogP contribution is -2.50. The fraction of sp³-hybridized carbons (Fsp3) is 0.300. The predicted octanol–water partition coefficient (Wildman–Crippen LogP) is 4.66. The molecule has 0 aliphatic carbocycles. The molecular formula is C20H20N2O5S. The predicted molar refractivity (Wildman–Crippen MR) is 108 cm³/mol. The van der Waals surface area contributed by atoms with Gasteiger partial charge in [-0.3, -0.25) is 10.1 Å². The summed E-state index contributed by atoms with van der Waals surface area (Å²) in [6, 6.07) is 10.9. The van der Waals surface area contributed by atoms with Gasteiger partial charge in [0, 0.05) is 23.6 Å². The minimum atomic E-state index is -0.954. The highest BCUT2D eigenvalue weighted by molar-refractivity contribution is 8.01. The van der Waals surface area contributed by atoms with E-state index < -0.39 is 9.98 Å². The van der Waals surface area contributed by atoms with E-state index in [0.717, 1.165) is 10.6 Å². The number of nitro groups is 1. The van der Waals surface area contributed by atoms with Gasteiger partial charge in [0.1, 0.15) is 0 Å². The maximum Gasteiger partial charge on any atom is 0.295 e. The number of likely N-dealkylation sites (N-methyl/N-ethyl adjacent to an activating group) is 1. The van der Waals surface area contributed by atoms with Gasteiger partial charge in [-0.2, -0.15) is 0 Å². The molecule has 2 aromatic carbocycles. The molecule has 2 heterocycles. The number of fused-ring (bicyclic) bond motifs is 2. The summed E-state index contributed by atoms with van der Waals surface area (Å²) in [4.78, 5) is 13.9. The van der Waals surface area contributed by atoms with Gasteiger partial charge >= 0.3 is 0 Å². The van der Waals surface area contributed by atoms with Crippen molar-refractivity contribution in [1.82, 2.24) is 0 Å². The summed E-state index contributed by atoms with van der Waals surface area (Å²) in [7, 11) is 3.42. The highest BCUT2D eigenvalue weighted by Crippen LogP contribution is 2.57. The lowest BCUT2D eigenvalue weighted by atomic mass is 10.1. The van der Waals surface area contributed by atoms with Gasteiger partial charge in [0.15, 0.2) is 17.3 Å². The quantitative estimate of drug-likeness (QED) is 0.546. The van der Waals surface area contributed by atoms with Crippen LogP contribution in [0, 0.1) is 10.1 Å². The van der Waals surface area contributed by atoms with Crippen LogP contribution in [0.25, 0.3) is 6.08 Å². The van der Waals surface area contributed by atoms with Crippen LogP contribution in [0.3, 0.4) is 0 Å². The second-order valence-electron chi connectivity index (χ2n) is 6.81. The number of para-hydroxylation sites is 1. The first-order valence-corrected chi connectivity index (χ1v) is 9.63. The molecule has 1 atom stereocenters. The van der Waals surface area contributed by atoms with Crippen molar-refractivity contribution in [3.05, 3.63) is 57.8 Å². The van der Waals surface area contributed by atoms with Crippen molar-refractivity contribution in [2.75, 3.05) is 19.1 Å². The monoisotopic (exact) mass is 400 g/mol. The minimum absolute atomic E-state index is 0.0639.